The number of halogens is 1. The van der Waals surface area contributed by atoms with E-state index in [0.717, 1.165) is 0 Å². The first kappa shape index (κ1) is 21.5. The van der Waals surface area contributed by atoms with Gasteiger partial charge in [-0.25, -0.2) is 9.07 Å². The number of hydrogen-bond acceptors (Lipinski definition) is 4. The lowest BCUT2D eigenvalue weighted by atomic mass is 10.0. The fraction of sp³-hybridized carbons (Fsp3) is 0.409. The van der Waals surface area contributed by atoms with Gasteiger partial charge in [0.05, 0.1) is 16.8 Å². The Kier molecular flexibility index (Phi) is 5.96. The van der Waals surface area contributed by atoms with Crippen molar-refractivity contribution in [3.63, 3.8) is 0 Å². The minimum absolute atomic E-state index is 0.0957. The summed E-state index contributed by atoms with van der Waals surface area (Å²) >= 11 is 0. The van der Waals surface area contributed by atoms with Crippen LogP contribution in [0.2, 0.25) is 0 Å². The minimum atomic E-state index is -0.457. The SMILES string of the molecule is CCN(CC)C1=C(c2c(C)[nH]n(-c3ccc(F)cc3)c2=O)C(=O)N(CC(C)C)C1=O. The number of H-pyrrole nitrogens is 1. The lowest BCUT2D eigenvalue weighted by Crippen LogP contribution is -2.37. The van der Waals surface area contributed by atoms with Gasteiger partial charge in [-0.15, -0.1) is 0 Å². The summed E-state index contributed by atoms with van der Waals surface area (Å²) in [7, 11) is 0. The van der Waals surface area contributed by atoms with Crippen LogP contribution in [0.1, 0.15) is 39.0 Å². The lowest BCUT2D eigenvalue weighted by Gasteiger charge is -2.23. The smallest absolute Gasteiger partial charge is 0.279 e. The van der Waals surface area contributed by atoms with Crippen LogP contribution in [0.25, 0.3) is 11.3 Å². The zero-order valence-corrected chi connectivity index (χ0v) is 18.0. The zero-order valence-electron chi connectivity index (χ0n) is 18.0. The number of imide groups is 1. The molecular formula is C22H27FN4O3. The second-order valence-electron chi connectivity index (χ2n) is 7.74. The van der Waals surface area contributed by atoms with Gasteiger partial charge in [-0.2, -0.15) is 0 Å². The molecule has 1 aromatic heterocycles. The van der Waals surface area contributed by atoms with E-state index >= 15 is 0 Å². The Morgan fingerprint density at radius 1 is 1.03 bits per heavy atom. The van der Waals surface area contributed by atoms with E-state index in [9.17, 15) is 18.8 Å². The zero-order chi connectivity index (χ0) is 22.2. The summed E-state index contributed by atoms with van der Waals surface area (Å²) in [6.45, 7) is 10.7. The van der Waals surface area contributed by atoms with Gasteiger partial charge in [0.2, 0.25) is 0 Å². The van der Waals surface area contributed by atoms with Crippen LogP contribution < -0.4 is 5.56 Å². The molecule has 8 heteroatoms. The lowest BCUT2D eigenvalue weighted by molar-refractivity contribution is -0.138. The fourth-order valence-corrected chi connectivity index (χ4v) is 3.77. The predicted octanol–water partition coefficient (Wildman–Crippen LogP) is 2.69. The molecule has 1 aromatic carbocycles. The van der Waals surface area contributed by atoms with Crippen LogP contribution >= 0.6 is 0 Å². The number of amides is 2. The number of nitrogens with zero attached hydrogens (tertiary/aromatic N) is 3. The molecular weight excluding hydrogens is 387 g/mol. The Hall–Kier alpha value is -3.16. The first-order valence-electron chi connectivity index (χ1n) is 10.1. The number of aromatic amines is 1. The van der Waals surface area contributed by atoms with E-state index in [2.05, 4.69) is 5.10 Å². The average molecular weight is 414 g/mol. The van der Waals surface area contributed by atoms with Gasteiger partial charge in [-0.1, -0.05) is 13.8 Å². The van der Waals surface area contributed by atoms with E-state index in [1.807, 2.05) is 32.6 Å². The van der Waals surface area contributed by atoms with Crippen molar-refractivity contribution in [3.8, 4) is 5.69 Å². The standard InChI is InChI=1S/C22H27FN4O3/c1-6-25(7-2)19-18(20(28)26(22(19)30)12-13(3)4)17-14(5)24-27(21(17)29)16-10-8-15(23)9-11-16/h8-11,13,24H,6-7,12H2,1-5H3. The molecule has 1 aliphatic heterocycles. The molecule has 0 saturated carbocycles. The van der Waals surface area contributed by atoms with Crippen molar-refractivity contribution in [3.05, 3.63) is 57.4 Å². The summed E-state index contributed by atoms with van der Waals surface area (Å²) in [5, 5.41) is 2.96. The molecule has 7 nitrogen and oxygen atoms in total. The minimum Gasteiger partial charge on any atom is -0.367 e. The van der Waals surface area contributed by atoms with Crippen molar-refractivity contribution < 1.29 is 14.0 Å². The third-order valence-electron chi connectivity index (χ3n) is 5.18. The molecule has 0 fully saturated rings. The van der Waals surface area contributed by atoms with E-state index in [1.54, 1.807) is 6.92 Å². The maximum absolute atomic E-state index is 13.3. The van der Waals surface area contributed by atoms with Crippen molar-refractivity contribution in [2.24, 2.45) is 5.92 Å². The average Bonchev–Trinajstić information content (AvgIpc) is 3.11. The molecule has 0 unspecified atom stereocenters. The molecule has 2 aromatic rings. The summed E-state index contributed by atoms with van der Waals surface area (Å²) in [6, 6.07) is 5.46. The van der Waals surface area contributed by atoms with Gasteiger partial charge in [-0.05, 0) is 51.0 Å². The molecule has 160 valence electrons. The highest BCUT2D eigenvalue weighted by atomic mass is 19.1. The number of likely N-dealkylation sites (N-methyl/N-ethyl adjacent to an activating group) is 1. The monoisotopic (exact) mass is 414 g/mol. The Balaban J connectivity index is 2.22. The van der Waals surface area contributed by atoms with Gasteiger partial charge < -0.3 is 4.90 Å². The first-order valence-corrected chi connectivity index (χ1v) is 10.1. The van der Waals surface area contributed by atoms with Crippen molar-refractivity contribution in [1.82, 2.24) is 19.6 Å². The van der Waals surface area contributed by atoms with Gasteiger partial charge in [0.25, 0.3) is 17.4 Å². The molecule has 1 N–H and O–H groups in total. The number of carbonyl (C=O) groups excluding carboxylic acids is 2. The van der Waals surface area contributed by atoms with Crippen molar-refractivity contribution in [2.45, 2.75) is 34.6 Å². The summed E-state index contributed by atoms with van der Waals surface area (Å²) < 4.78 is 14.6. The molecule has 2 amide bonds. The number of aromatic nitrogens is 2. The molecule has 0 saturated heterocycles. The number of aryl methyl sites for hydroxylation is 1. The van der Waals surface area contributed by atoms with E-state index in [-0.39, 0.29) is 35.2 Å². The molecule has 0 aliphatic carbocycles. The van der Waals surface area contributed by atoms with Crippen LogP contribution in [0.3, 0.4) is 0 Å². The maximum atomic E-state index is 13.3. The highest BCUT2D eigenvalue weighted by molar-refractivity contribution is 6.35. The largest absolute Gasteiger partial charge is 0.367 e. The van der Waals surface area contributed by atoms with Crippen LogP contribution in [0, 0.1) is 18.7 Å². The third-order valence-corrected chi connectivity index (χ3v) is 5.18. The van der Waals surface area contributed by atoms with Crippen LogP contribution in [-0.4, -0.2) is 51.0 Å². The Bertz CT molecular complexity index is 1060. The van der Waals surface area contributed by atoms with Crippen LogP contribution in [0.4, 0.5) is 4.39 Å². The number of carbonyl (C=O) groups is 2. The second kappa shape index (κ2) is 8.30. The summed E-state index contributed by atoms with van der Waals surface area (Å²) in [6.07, 6.45) is 0. The summed E-state index contributed by atoms with van der Waals surface area (Å²) in [5.41, 5.74) is 1.02. The van der Waals surface area contributed by atoms with E-state index in [1.165, 1.54) is 33.8 Å². The number of nitrogens with one attached hydrogen (secondary N) is 1. The van der Waals surface area contributed by atoms with Gasteiger partial charge in [0.1, 0.15) is 11.5 Å². The van der Waals surface area contributed by atoms with Crippen LogP contribution in [0.5, 0.6) is 0 Å². The Morgan fingerprint density at radius 2 is 1.63 bits per heavy atom. The van der Waals surface area contributed by atoms with Gasteiger partial charge in [0, 0.05) is 25.3 Å². The van der Waals surface area contributed by atoms with Crippen LogP contribution in [-0.2, 0) is 9.59 Å². The predicted molar refractivity (Wildman–Crippen MR) is 112 cm³/mol. The van der Waals surface area contributed by atoms with Crippen molar-refractivity contribution in [1.29, 1.82) is 0 Å². The quantitative estimate of drug-likeness (QED) is 0.707. The second-order valence-corrected chi connectivity index (χ2v) is 7.74. The summed E-state index contributed by atoms with van der Waals surface area (Å²) in [5.74, 6) is -1.15. The van der Waals surface area contributed by atoms with Crippen LogP contribution in [0.15, 0.2) is 34.8 Å². The molecule has 0 atom stereocenters. The van der Waals surface area contributed by atoms with Gasteiger partial charge >= 0.3 is 0 Å². The first-order chi connectivity index (χ1) is 14.2. The fourth-order valence-electron chi connectivity index (χ4n) is 3.77. The molecule has 0 spiro atoms. The highest BCUT2D eigenvalue weighted by Gasteiger charge is 2.43. The van der Waals surface area contributed by atoms with E-state index in [4.69, 9.17) is 0 Å². The normalized spacial score (nSPS) is 14.4. The Labute approximate surface area is 174 Å². The number of rotatable bonds is 7. The molecule has 1 aliphatic rings. The topological polar surface area (TPSA) is 78.4 Å². The van der Waals surface area contributed by atoms with E-state index in [0.29, 0.717) is 24.5 Å². The number of benzene rings is 1. The van der Waals surface area contributed by atoms with Crippen molar-refractivity contribution >= 4 is 17.4 Å². The Morgan fingerprint density at radius 3 is 2.17 bits per heavy atom. The molecule has 3 rings (SSSR count). The maximum Gasteiger partial charge on any atom is 0.279 e. The van der Waals surface area contributed by atoms with Crippen molar-refractivity contribution in [2.75, 3.05) is 19.6 Å². The van der Waals surface area contributed by atoms with Gasteiger partial charge in [0.15, 0.2) is 0 Å². The third kappa shape index (κ3) is 3.58. The molecule has 2 heterocycles. The molecule has 0 radical (unpaired) electrons. The summed E-state index contributed by atoms with van der Waals surface area (Å²) in [4.78, 5) is 42.8. The highest BCUT2D eigenvalue weighted by Crippen LogP contribution is 2.32. The van der Waals surface area contributed by atoms with E-state index < -0.39 is 17.3 Å². The van der Waals surface area contributed by atoms with Gasteiger partial charge in [-0.3, -0.25) is 24.4 Å². The number of hydrogen-bond donors (Lipinski definition) is 1. The molecule has 0 bridgehead atoms. The molecule has 30 heavy (non-hydrogen) atoms.